The van der Waals surface area contributed by atoms with Crippen molar-refractivity contribution in [3.8, 4) is 11.3 Å². The number of aromatic nitrogens is 1. The first-order chi connectivity index (χ1) is 15.4. The molecule has 32 heavy (non-hydrogen) atoms. The lowest BCUT2D eigenvalue weighted by Gasteiger charge is -2.05. The van der Waals surface area contributed by atoms with E-state index in [0.717, 1.165) is 11.3 Å². The fraction of sp³-hybridized carbons (Fsp3) is 0.0476. The van der Waals surface area contributed by atoms with Crippen LogP contribution < -0.4 is 10.9 Å². The number of carbonyl (C=O) groups excluding carboxylic acids is 2. The number of nitro benzene ring substituents is 1. The predicted molar refractivity (Wildman–Crippen MR) is 116 cm³/mol. The zero-order valence-electron chi connectivity index (χ0n) is 16.1. The fourth-order valence-electron chi connectivity index (χ4n) is 2.81. The van der Waals surface area contributed by atoms with Gasteiger partial charge < -0.3 is 9.15 Å². The zero-order valence-corrected chi connectivity index (χ0v) is 17.0. The molecule has 1 N–H and O–H groups in total. The molecule has 4 aromatic rings. The molecule has 0 saturated carbocycles. The molecule has 0 atom stereocenters. The van der Waals surface area contributed by atoms with Crippen LogP contribution in [-0.2, 0) is 9.53 Å². The highest BCUT2D eigenvalue weighted by molar-refractivity contribution is 7.14. The number of hydrogen-bond donors (Lipinski definition) is 1. The molecule has 10 nitrogen and oxygen atoms in total. The van der Waals surface area contributed by atoms with Gasteiger partial charge in [0, 0.05) is 28.5 Å². The lowest BCUT2D eigenvalue weighted by atomic mass is 10.1. The van der Waals surface area contributed by atoms with Crippen LogP contribution in [0.25, 0.3) is 22.2 Å². The lowest BCUT2D eigenvalue weighted by Crippen LogP contribution is -2.23. The van der Waals surface area contributed by atoms with Crippen molar-refractivity contribution < 1.29 is 23.7 Å². The Kier molecular flexibility index (Phi) is 5.73. The van der Waals surface area contributed by atoms with E-state index in [-0.39, 0.29) is 16.4 Å². The van der Waals surface area contributed by atoms with Crippen LogP contribution in [-0.4, -0.2) is 28.4 Å². The Labute approximate surface area is 183 Å². The molecule has 0 saturated heterocycles. The minimum atomic E-state index is -0.990. The van der Waals surface area contributed by atoms with Gasteiger partial charge in [0.2, 0.25) is 0 Å². The second-order valence-electron chi connectivity index (χ2n) is 6.46. The molecule has 160 valence electrons. The van der Waals surface area contributed by atoms with E-state index in [1.807, 2.05) is 0 Å². The van der Waals surface area contributed by atoms with E-state index in [2.05, 4.69) is 10.3 Å². The topological polar surface area (TPSA) is 142 Å². The Balaban J connectivity index is 1.39. The maximum absolute atomic E-state index is 12.2. The molecule has 0 aliphatic heterocycles. The van der Waals surface area contributed by atoms with Gasteiger partial charge in [-0.3, -0.25) is 20.2 Å². The van der Waals surface area contributed by atoms with Gasteiger partial charge in [-0.15, -0.1) is 11.3 Å². The molecule has 1 amide bonds. The number of carbonyl (C=O) groups is 2. The van der Waals surface area contributed by atoms with Crippen molar-refractivity contribution in [3.05, 3.63) is 86.1 Å². The molecule has 2 aromatic carbocycles. The lowest BCUT2D eigenvalue weighted by molar-refractivity contribution is -0.384. The largest absolute Gasteiger partial charge is 0.452 e. The summed E-state index contributed by atoms with van der Waals surface area (Å²) in [7, 11) is 0. The highest BCUT2D eigenvalue weighted by Crippen LogP contribution is 2.27. The number of nitrogens with one attached hydrogen (secondary N) is 1. The van der Waals surface area contributed by atoms with Crippen molar-refractivity contribution in [1.29, 1.82) is 0 Å². The number of rotatable bonds is 6. The van der Waals surface area contributed by atoms with Crippen LogP contribution in [0.1, 0.15) is 10.4 Å². The van der Waals surface area contributed by atoms with E-state index in [4.69, 9.17) is 9.15 Å². The van der Waals surface area contributed by atoms with Gasteiger partial charge in [0.05, 0.1) is 10.6 Å². The Hall–Kier alpha value is -4.38. The van der Waals surface area contributed by atoms with Gasteiger partial charge in [0.25, 0.3) is 11.6 Å². The van der Waals surface area contributed by atoms with Gasteiger partial charge in [0.15, 0.2) is 11.7 Å². The minimum absolute atomic E-state index is 0.0776. The number of thiazole rings is 1. The maximum Gasteiger partial charge on any atom is 0.351 e. The van der Waals surface area contributed by atoms with Crippen LogP contribution in [0.15, 0.2) is 69.2 Å². The van der Waals surface area contributed by atoms with Crippen molar-refractivity contribution in [2.24, 2.45) is 0 Å². The van der Waals surface area contributed by atoms with Gasteiger partial charge in [-0.2, -0.15) is 0 Å². The second kappa shape index (κ2) is 8.78. The third-order valence-electron chi connectivity index (χ3n) is 4.30. The Bertz CT molecular complexity index is 1410. The standard InChI is InChI=1S/C21H13N3O7S/c25-18(10-30-19(26)15-9-13-4-1-2-7-17(13)31-20(15)27)23-21-22-16(11-32-21)12-5-3-6-14(8-12)24(28)29/h1-9,11H,10H2,(H,22,23,25). The number of anilines is 1. The fourth-order valence-corrected chi connectivity index (χ4v) is 3.55. The van der Waals surface area contributed by atoms with E-state index in [1.54, 1.807) is 35.7 Å². The highest BCUT2D eigenvalue weighted by Gasteiger charge is 2.17. The summed E-state index contributed by atoms with van der Waals surface area (Å²) in [5, 5.41) is 15.8. The first-order valence-corrected chi connectivity index (χ1v) is 9.99. The van der Waals surface area contributed by atoms with Crippen molar-refractivity contribution in [2.45, 2.75) is 0 Å². The van der Waals surface area contributed by atoms with Crippen molar-refractivity contribution in [1.82, 2.24) is 4.98 Å². The normalized spacial score (nSPS) is 10.6. The van der Waals surface area contributed by atoms with Crippen LogP contribution in [0, 0.1) is 10.1 Å². The SMILES string of the molecule is O=C(COC(=O)c1cc2ccccc2oc1=O)Nc1nc(-c2cccc([N+](=O)[O-])c2)cs1. The maximum atomic E-state index is 12.2. The third-order valence-corrected chi connectivity index (χ3v) is 5.06. The molecule has 0 fully saturated rings. The monoisotopic (exact) mass is 451 g/mol. The van der Waals surface area contributed by atoms with Crippen LogP contribution in [0.5, 0.6) is 0 Å². The number of nitro groups is 1. The van der Waals surface area contributed by atoms with Crippen molar-refractivity contribution in [2.75, 3.05) is 11.9 Å². The average molecular weight is 451 g/mol. The van der Waals surface area contributed by atoms with Crippen LogP contribution in [0.3, 0.4) is 0 Å². The Morgan fingerprint density at radius 2 is 1.97 bits per heavy atom. The number of fused-ring (bicyclic) bond motifs is 1. The summed E-state index contributed by atoms with van der Waals surface area (Å²) in [6.07, 6.45) is 0. The van der Waals surface area contributed by atoms with Crippen molar-refractivity contribution >= 4 is 45.0 Å². The van der Waals surface area contributed by atoms with Crippen molar-refractivity contribution in [3.63, 3.8) is 0 Å². The molecule has 0 spiro atoms. The number of esters is 1. The summed E-state index contributed by atoms with van der Waals surface area (Å²) in [6, 6.07) is 13.9. The number of non-ortho nitro benzene ring substituents is 1. The molecule has 2 aromatic heterocycles. The quantitative estimate of drug-likeness (QED) is 0.203. The molecule has 0 radical (unpaired) electrons. The highest BCUT2D eigenvalue weighted by atomic mass is 32.1. The van der Waals surface area contributed by atoms with Gasteiger partial charge in [-0.05, 0) is 12.1 Å². The number of amides is 1. The smallest absolute Gasteiger partial charge is 0.351 e. The number of nitrogens with zero attached hydrogens (tertiary/aromatic N) is 2. The summed E-state index contributed by atoms with van der Waals surface area (Å²) < 4.78 is 9.99. The van der Waals surface area contributed by atoms with E-state index in [0.29, 0.717) is 22.2 Å². The number of hydrogen-bond acceptors (Lipinski definition) is 9. The van der Waals surface area contributed by atoms with E-state index < -0.39 is 29.0 Å². The molecule has 0 unspecified atom stereocenters. The van der Waals surface area contributed by atoms with Gasteiger partial charge >= 0.3 is 11.6 Å². The molecular weight excluding hydrogens is 438 g/mol. The van der Waals surface area contributed by atoms with Crippen LogP contribution in [0.2, 0.25) is 0 Å². The first-order valence-electron chi connectivity index (χ1n) is 9.11. The Morgan fingerprint density at radius 1 is 1.16 bits per heavy atom. The van der Waals surface area contributed by atoms with Crippen LogP contribution in [0.4, 0.5) is 10.8 Å². The number of para-hydroxylation sites is 1. The number of ether oxygens (including phenoxy) is 1. The van der Waals surface area contributed by atoms with E-state index in [9.17, 15) is 24.5 Å². The van der Waals surface area contributed by atoms with Gasteiger partial charge in [-0.25, -0.2) is 14.6 Å². The summed E-state index contributed by atoms with van der Waals surface area (Å²) in [5.74, 6) is -1.65. The molecule has 0 aliphatic carbocycles. The summed E-state index contributed by atoms with van der Waals surface area (Å²) in [5.41, 5.74) is 0.0285. The van der Waals surface area contributed by atoms with Crippen LogP contribution >= 0.6 is 11.3 Å². The summed E-state index contributed by atoms with van der Waals surface area (Å²) in [6.45, 7) is -0.642. The molecule has 11 heteroatoms. The minimum Gasteiger partial charge on any atom is -0.452 e. The molecular formula is C21H13N3O7S. The van der Waals surface area contributed by atoms with E-state index >= 15 is 0 Å². The second-order valence-corrected chi connectivity index (χ2v) is 7.31. The zero-order chi connectivity index (χ0) is 22.7. The van der Waals surface area contributed by atoms with Gasteiger partial charge in [-0.1, -0.05) is 30.3 Å². The first kappa shape index (κ1) is 20.9. The van der Waals surface area contributed by atoms with E-state index in [1.165, 1.54) is 24.3 Å². The molecule has 0 aliphatic rings. The predicted octanol–water partition coefficient (Wildman–Crippen LogP) is 3.62. The molecule has 0 bridgehead atoms. The summed E-state index contributed by atoms with van der Waals surface area (Å²) in [4.78, 5) is 50.9. The number of benzene rings is 2. The molecule has 4 rings (SSSR count). The average Bonchev–Trinajstić information content (AvgIpc) is 3.25. The third kappa shape index (κ3) is 4.52. The Morgan fingerprint density at radius 3 is 2.78 bits per heavy atom. The van der Waals surface area contributed by atoms with Gasteiger partial charge in [0.1, 0.15) is 11.1 Å². The summed E-state index contributed by atoms with van der Waals surface area (Å²) >= 11 is 1.10. The molecule has 2 heterocycles.